The molecule has 0 aliphatic heterocycles. The molecule has 0 aromatic heterocycles. The van der Waals surface area contributed by atoms with Gasteiger partial charge < -0.3 is 9.47 Å². The Morgan fingerprint density at radius 2 is 1.83 bits per heavy atom. The molecule has 7 nitrogen and oxygen atoms in total. The first-order chi connectivity index (χ1) is 14.0. The molecule has 0 aromatic carbocycles. The van der Waals surface area contributed by atoms with Crippen molar-refractivity contribution >= 4 is 5.78 Å². The van der Waals surface area contributed by atoms with E-state index in [2.05, 4.69) is 13.0 Å². The maximum atomic E-state index is 11.9. The number of methoxy groups -OCH3 is 2. The van der Waals surface area contributed by atoms with E-state index < -0.39 is 12.3 Å². The van der Waals surface area contributed by atoms with E-state index in [1.807, 2.05) is 0 Å². The van der Waals surface area contributed by atoms with E-state index in [0.717, 1.165) is 44.9 Å². The molecule has 0 rings (SSSR count). The molecule has 29 heavy (non-hydrogen) atoms. The maximum absolute atomic E-state index is 11.9. The van der Waals surface area contributed by atoms with Crippen molar-refractivity contribution in [2.24, 2.45) is 5.92 Å². The smallest absolute Gasteiger partial charge is 0.221 e. The Kier molecular flexibility index (Phi) is 17.1. The summed E-state index contributed by atoms with van der Waals surface area (Å²) in [6, 6.07) is 1.34. The molecule has 0 fully saturated rings. The Morgan fingerprint density at radius 3 is 2.41 bits per heavy atom. The predicted octanol–water partition coefficient (Wildman–Crippen LogP) is 5.22. The van der Waals surface area contributed by atoms with Gasteiger partial charge in [-0.15, -0.1) is 0 Å². The zero-order valence-corrected chi connectivity index (χ0v) is 18.3. The SMILES string of the molecule is CCCCCC(=O)/C=C\C[C@@H](CCCCCCC#N)[C@@H](CC(OC)OC)[N+](=O)[O-]. The van der Waals surface area contributed by atoms with Crippen molar-refractivity contribution in [2.45, 2.75) is 96.3 Å². The van der Waals surface area contributed by atoms with Crippen LogP contribution < -0.4 is 0 Å². The fraction of sp³-hybridized carbons (Fsp3) is 0.818. The van der Waals surface area contributed by atoms with Crippen molar-refractivity contribution in [2.75, 3.05) is 14.2 Å². The molecule has 0 bridgehead atoms. The number of carbonyl (C=O) groups excluding carboxylic acids is 1. The summed E-state index contributed by atoms with van der Waals surface area (Å²) in [5.41, 5.74) is 0. The van der Waals surface area contributed by atoms with Gasteiger partial charge in [-0.3, -0.25) is 14.9 Å². The Morgan fingerprint density at radius 1 is 1.14 bits per heavy atom. The first-order valence-electron chi connectivity index (χ1n) is 10.7. The number of ketones is 1. The molecular formula is C22H38N2O5. The van der Waals surface area contributed by atoms with E-state index in [1.54, 1.807) is 12.2 Å². The van der Waals surface area contributed by atoms with Crippen LogP contribution in [0.1, 0.15) is 84.0 Å². The predicted molar refractivity (Wildman–Crippen MR) is 113 cm³/mol. The molecule has 0 aliphatic carbocycles. The number of rotatable bonds is 19. The Balaban J connectivity index is 4.89. The molecule has 0 unspecified atom stereocenters. The summed E-state index contributed by atoms with van der Waals surface area (Å²) >= 11 is 0. The highest BCUT2D eigenvalue weighted by atomic mass is 16.7. The molecule has 0 saturated heterocycles. The van der Waals surface area contributed by atoms with Crippen LogP contribution >= 0.6 is 0 Å². The summed E-state index contributed by atoms with van der Waals surface area (Å²) < 4.78 is 10.3. The van der Waals surface area contributed by atoms with E-state index in [4.69, 9.17) is 14.7 Å². The van der Waals surface area contributed by atoms with Crippen LogP contribution in [0.15, 0.2) is 12.2 Å². The number of ether oxygens (including phenoxy) is 2. The van der Waals surface area contributed by atoms with Crippen molar-refractivity contribution in [1.29, 1.82) is 5.26 Å². The maximum Gasteiger partial charge on any atom is 0.221 e. The van der Waals surface area contributed by atoms with Crippen LogP contribution in [-0.4, -0.2) is 37.3 Å². The molecule has 0 amide bonds. The fourth-order valence-electron chi connectivity index (χ4n) is 3.37. The quantitative estimate of drug-likeness (QED) is 0.0951. The van der Waals surface area contributed by atoms with Gasteiger partial charge in [-0.05, 0) is 31.8 Å². The lowest BCUT2D eigenvalue weighted by Crippen LogP contribution is -2.34. The second kappa shape index (κ2) is 18.3. The zero-order chi connectivity index (χ0) is 21.9. The number of hydrogen-bond acceptors (Lipinski definition) is 6. The van der Waals surface area contributed by atoms with Gasteiger partial charge in [0.15, 0.2) is 12.1 Å². The first-order valence-corrected chi connectivity index (χ1v) is 10.7. The van der Waals surface area contributed by atoms with Gasteiger partial charge in [0.1, 0.15) is 0 Å². The van der Waals surface area contributed by atoms with Crippen molar-refractivity contribution < 1.29 is 19.2 Å². The zero-order valence-electron chi connectivity index (χ0n) is 18.3. The van der Waals surface area contributed by atoms with Crippen molar-refractivity contribution in [3.8, 4) is 6.07 Å². The largest absolute Gasteiger partial charge is 0.356 e. The van der Waals surface area contributed by atoms with Gasteiger partial charge in [0.2, 0.25) is 6.04 Å². The first kappa shape index (κ1) is 27.2. The highest BCUT2D eigenvalue weighted by Gasteiger charge is 2.33. The highest BCUT2D eigenvalue weighted by Crippen LogP contribution is 2.25. The molecule has 0 aliphatic rings. The van der Waals surface area contributed by atoms with Gasteiger partial charge in [-0.2, -0.15) is 5.26 Å². The Labute approximate surface area is 175 Å². The molecule has 166 valence electrons. The molecule has 0 saturated carbocycles. The summed E-state index contributed by atoms with van der Waals surface area (Å²) in [7, 11) is 2.95. The van der Waals surface area contributed by atoms with E-state index in [0.29, 0.717) is 25.7 Å². The van der Waals surface area contributed by atoms with Crippen LogP contribution in [0.25, 0.3) is 0 Å². The molecule has 0 aromatic rings. The minimum atomic E-state index is -0.793. The molecule has 0 N–H and O–H groups in total. The minimum Gasteiger partial charge on any atom is -0.356 e. The Hall–Kier alpha value is -1.78. The van der Waals surface area contributed by atoms with Gasteiger partial charge in [0.05, 0.1) is 12.5 Å². The van der Waals surface area contributed by atoms with Crippen LogP contribution in [0.4, 0.5) is 0 Å². The lowest BCUT2D eigenvalue weighted by molar-refractivity contribution is -0.537. The summed E-state index contributed by atoms with van der Waals surface area (Å²) in [5, 5.41) is 20.3. The number of nitro groups is 1. The van der Waals surface area contributed by atoms with E-state index in [-0.39, 0.29) is 23.0 Å². The number of allylic oxidation sites excluding steroid dienone is 2. The molecule has 0 heterocycles. The molecule has 7 heteroatoms. The average molecular weight is 411 g/mol. The molecule has 2 atom stereocenters. The molecular weight excluding hydrogens is 372 g/mol. The summed E-state index contributed by atoms with van der Waals surface area (Å²) in [6.45, 7) is 2.09. The van der Waals surface area contributed by atoms with Crippen molar-refractivity contribution in [3.05, 3.63) is 22.3 Å². The van der Waals surface area contributed by atoms with Crippen molar-refractivity contribution in [1.82, 2.24) is 0 Å². The van der Waals surface area contributed by atoms with Crippen LogP contribution in [0.2, 0.25) is 0 Å². The van der Waals surface area contributed by atoms with Crippen LogP contribution in [-0.2, 0) is 14.3 Å². The summed E-state index contributed by atoms with van der Waals surface area (Å²) in [4.78, 5) is 23.4. The van der Waals surface area contributed by atoms with Crippen LogP contribution in [0.3, 0.4) is 0 Å². The molecule has 0 spiro atoms. The highest BCUT2D eigenvalue weighted by molar-refractivity contribution is 5.89. The van der Waals surface area contributed by atoms with Crippen LogP contribution in [0.5, 0.6) is 0 Å². The van der Waals surface area contributed by atoms with E-state index >= 15 is 0 Å². The molecule has 0 radical (unpaired) electrons. The number of nitriles is 1. The van der Waals surface area contributed by atoms with Gasteiger partial charge >= 0.3 is 0 Å². The van der Waals surface area contributed by atoms with Crippen LogP contribution in [0, 0.1) is 27.4 Å². The fourth-order valence-corrected chi connectivity index (χ4v) is 3.37. The minimum absolute atomic E-state index is 0.0815. The topological polar surface area (TPSA) is 102 Å². The van der Waals surface area contributed by atoms with Gasteiger partial charge in [-0.25, -0.2) is 0 Å². The second-order valence-corrected chi connectivity index (χ2v) is 7.42. The van der Waals surface area contributed by atoms with E-state index in [9.17, 15) is 14.9 Å². The number of hydrogen-bond donors (Lipinski definition) is 0. The van der Waals surface area contributed by atoms with E-state index in [1.165, 1.54) is 14.2 Å². The van der Waals surface area contributed by atoms with Gasteiger partial charge in [0.25, 0.3) is 0 Å². The third-order valence-corrected chi connectivity index (χ3v) is 5.16. The third kappa shape index (κ3) is 13.9. The summed E-state index contributed by atoms with van der Waals surface area (Å²) in [6.07, 6.45) is 11.8. The number of unbranched alkanes of at least 4 members (excludes halogenated alkanes) is 6. The van der Waals surface area contributed by atoms with Gasteiger partial charge in [0, 0.05) is 37.9 Å². The third-order valence-electron chi connectivity index (χ3n) is 5.16. The standard InChI is InChI=1S/C22H38N2O5/c1-4-5-9-15-20(25)16-12-14-19(13-10-7-6-8-11-17-23)21(24(26)27)18-22(28-2)29-3/h12,16,19,21-22H,4-11,13-15,18H2,1-3H3/b16-12-/t19-,21-/m1/s1. The summed E-state index contributed by atoms with van der Waals surface area (Å²) in [5.74, 6) is -0.105. The number of nitrogens with zero attached hydrogens (tertiary/aromatic N) is 2. The Bertz CT molecular complexity index is 512. The monoisotopic (exact) mass is 410 g/mol. The number of carbonyl (C=O) groups is 1. The normalized spacial score (nSPS) is 13.5. The van der Waals surface area contributed by atoms with Gasteiger partial charge in [-0.1, -0.05) is 45.1 Å². The lowest BCUT2D eigenvalue weighted by Gasteiger charge is -2.23. The lowest BCUT2D eigenvalue weighted by atomic mass is 9.88. The second-order valence-electron chi connectivity index (χ2n) is 7.42. The van der Waals surface area contributed by atoms with Crippen molar-refractivity contribution in [3.63, 3.8) is 0 Å². The average Bonchev–Trinajstić information content (AvgIpc) is 2.70.